The first-order valence-electron chi connectivity index (χ1n) is 6.67. The highest BCUT2D eigenvalue weighted by Crippen LogP contribution is 2.26. The fraction of sp³-hybridized carbons (Fsp3) is 0.188. The highest BCUT2D eigenvalue weighted by Gasteiger charge is 2.04. The van der Waals surface area contributed by atoms with Crippen molar-refractivity contribution in [2.45, 2.75) is 13.1 Å². The average Bonchev–Trinajstić information content (AvgIpc) is 2.91. The van der Waals surface area contributed by atoms with E-state index in [2.05, 4.69) is 16.4 Å². The van der Waals surface area contributed by atoms with Crippen molar-refractivity contribution in [3.05, 3.63) is 53.0 Å². The van der Waals surface area contributed by atoms with E-state index in [4.69, 9.17) is 4.74 Å². The van der Waals surface area contributed by atoms with Crippen LogP contribution in [-0.2, 0) is 13.1 Å². The number of phenols is 1. The predicted octanol–water partition coefficient (Wildman–Crippen LogP) is 3.30. The van der Waals surface area contributed by atoms with E-state index in [0.717, 1.165) is 22.6 Å². The topological polar surface area (TPSA) is 54.4 Å². The molecule has 0 unspecified atom stereocenters. The molecule has 0 spiro atoms. The lowest BCUT2D eigenvalue weighted by Crippen LogP contribution is -2.12. The zero-order valence-electron chi connectivity index (χ0n) is 11.7. The number of benzene rings is 2. The van der Waals surface area contributed by atoms with Crippen LogP contribution in [0.5, 0.6) is 11.5 Å². The molecule has 1 heterocycles. The molecule has 0 bridgehead atoms. The van der Waals surface area contributed by atoms with Crippen molar-refractivity contribution in [1.29, 1.82) is 0 Å². The molecule has 0 saturated heterocycles. The van der Waals surface area contributed by atoms with Gasteiger partial charge in [-0.15, -0.1) is 11.3 Å². The number of ether oxygens (including phenoxy) is 1. The molecule has 0 amide bonds. The molecule has 3 rings (SSSR count). The number of phenolic OH excluding ortho intramolecular Hbond substituents is 1. The van der Waals surface area contributed by atoms with Gasteiger partial charge in [0.2, 0.25) is 0 Å². The quantitative estimate of drug-likeness (QED) is 0.759. The van der Waals surface area contributed by atoms with Crippen molar-refractivity contribution >= 4 is 21.6 Å². The Labute approximate surface area is 127 Å². The summed E-state index contributed by atoms with van der Waals surface area (Å²) < 4.78 is 6.31. The number of hydrogen-bond donors (Lipinski definition) is 2. The van der Waals surface area contributed by atoms with Gasteiger partial charge in [0, 0.05) is 13.1 Å². The van der Waals surface area contributed by atoms with Gasteiger partial charge in [-0.25, -0.2) is 4.98 Å². The fourth-order valence-corrected chi connectivity index (χ4v) is 3.08. The second-order valence-electron chi connectivity index (χ2n) is 4.69. The van der Waals surface area contributed by atoms with E-state index in [1.54, 1.807) is 24.5 Å². The third kappa shape index (κ3) is 3.15. The van der Waals surface area contributed by atoms with E-state index in [0.29, 0.717) is 12.3 Å². The summed E-state index contributed by atoms with van der Waals surface area (Å²) in [5.74, 6) is 0.654. The van der Waals surface area contributed by atoms with Gasteiger partial charge in [0.1, 0.15) is 5.01 Å². The number of rotatable bonds is 5. The normalized spacial score (nSPS) is 10.9. The van der Waals surface area contributed by atoms with Gasteiger partial charge in [-0.2, -0.15) is 0 Å². The molecule has 21 heavy (non-hydrogen) atoms. The van der Waals surface area contributed by atoms with Gasteiger partial charge in [-0.3, -0.25) is 0 Å². The molecule has 108 valence electrons. The van der Waals surface area contributed by atoms with Crippen LogP contribution in [0.2, 0.25) is 0 Å². The highest BCUT2D eigenvalue weighted by molar-refractivity contribution is 7.18. The van der Waals surface area contributed by atoms with Gasteiger partial charge >= 0.3 is 0 Å². The molecule has 1 aromatic heterocycles. The lowest BCUT2D eigenvalue weighted by Gasteiger charge is -2.07. The summed E-state index contributed by atoms with van der Waals surface area (Å²) in [7, 11) is 1.55. The molecule has 4 nitrogen and oxygen atoms in total. The van der Waals surface area contributed by atoms with Crippen LogP contribution in [-0.4, -0.2) is 17.2 Å². The Kier molecular flexibility index (Phi) is 4.03. The number of nitrogens with zero attached hydrogens (tertiary/aromatic N) is 1. The summed E-state index contributed by atoms with van der Waals surface area (Å²) >= 11 is 1.70. The van der Waals surface area contributed by atoms with Crippen molar-refractivity contribution in [1.82, 2.24) is 10.3 Å². The Bertz CT molecular complexity index is 722. The average molecular weight is 300 g/mol. The van der Waals surface area contributed by atoms with Crippen LogP contribution < -0.4 is 10.1 Å². The zero-order valence-corrected chi connectivity index (χ0v) is 12.5. The molecule has 2 aromatic carbocycles. The van der Waals surface area contributed by atoms with Crippen molar-refractivity contribution in [3.8, 4) is 11.5 Å². The monoisotopic (exact) mass is 300 g/mol. The minimum absolute atomic E-state index is 0.160. The summed E-state index contributed by atoms with van der Waals surface area (Å²) in [5.41, 5.74) is 2.11. The molecule has 2 N–H and O–H groups in total. The van der Waals surface area contributed by atoms with Crippen molar-refractivity contribution in [2.75, 3.05) is 7.11 Å². The summed E-state index contributed by atoms with van der Waals surface area (Å²) in [5, 5.41) is 14.0. The second-order valence-corrected chi connectivity index (χ2v) is 5.80. The lowest BCUT2D eigenvalue weighted by atomic mass is 10.2. The lowest BCUT2D eigenvalue weighted by molar-refractivity contribution is 0.373. The van der Waals surface area contributed by atoms with E-state index < -0.39 is 0 Å². The van der Waals surface area contributed by atoms with E-state index in [1.807, 2.05) is 30.3 Å². The van der Waals surface area contributed by atoms with E-state index in [-0.39, 0.29) is 5.75 Å². The van der Waals surface area contributed by atoms with E-state index in [9.17, 15) is 5.11 Å². The van der Waals surface area contributed by atoms with Crippen LogP contribution in [0, 0.1) is 0 Å². The largest absolute Gasteiger partial charge is 0.504 e. The van der Waals surface area contributed by atoms with Gasteiger partial charge in [-0.1, -0.05) is 18.2 Å². The molecule has 0 radical (unpaired) electrons. The number of hydrogen-bond acceptors (Lipinski definition) is 5. The molecule has 3 aromatic rings. The van der Waals surface area contributed by atoms with Gasteiger partial charge in [-0.05, 0) is 29.8 Å². The minimum Gasteiger partial charge on any atom is -0.504 e. The molecule has 0 fully saturated rings. The number of methoxy groups -OCH3 is 1. The van der Waals surface area contributed by atoms with Crippen LogP contribution in [0.3, 0.4) is 0 Å². The second kappa shape index (κ2) is 6.11. The molecule has 0 aliphatic rings. The SMILES string of the molecule is COc1cc(CNCc2nc3ccccc3s2)ccc1O. The van der Waals surface area contributed by atoms with Crippen LogP contribution in [0.15, 0.2) is 42.5 Å². The van der Waals surface area contributed by atoms with Crippen LogP contribution in [0.4, 0.5) is 0 Å². The molecule has 0 atom stereocenters. The Balaban J connectivity index is 1.63. The maximum atomic E-state index is 9.57. The zero-order chi connectivity index (χ0) is 14.7. The first-order valence-corrected chi connectivity index (χ1v) is 7.49. The molecule has 5 heteroatoms. The number of aromatic hydroxyl groups is 1. The van der Waals surface area contributed by atoms with Crippen molar-refractivity contribution < 1.29 is 9.84 Å². The number of thiazole rings is 1. The Morgan fingerprint density at radius 2 is 2.05 bits per heavy atom. The summed E-state index contributed by atoms with van der Waals surface area (Å²) in [6.07, 6.45) is 0. The standard InChI is InChI=1S/C16H16N2O2S/c1-20-14-8-11(6-7-13(14)19)9-17-10-16-18-12-4-2-3-5-15(12)21-16/h2-8,17,19H,9-10H2,1H3. The summed E-state index contributed by atoms with van der Waals surface area (Å²) in [6.45, 7) is 1.43. The first-order chi connectivity index (χ1) is 10.3. The Morgan fingerprint density at radius 3 is 2.86 bits per heavy atom. The number of nitrogens with one attached hydrogen (secondary N) is 1. The van der Waals surface area contributed by atoms with Gasteiger partial charge < -0.3 is 15.2 Å². The molecule has 0 aliphatic carbocycles. The van der Waals surface area contributed by atoms with E-state index in [1.165, 1.54) is 4.70 Å². The van der Waals surface area contributed by atoms with Crippen molar-refractivity contribution in [2.24, 2.45) is 0 Å². The number of aromatic nitrogens is 1. The smallest absolute Gasteiger partial charge is 0.160 e. The third-order valence-electron chi connectivity index (χ3n) is 3.19. The molecule has 0 saturated carbocycles. The van der Waals surface area contributed by atoms with Gasteiger partial charge in [0.15, 0.2) is 11.5 Å². The number of para-hydroxylation sites is 1. The van der Waals surface area contributed by atoms with Crippen LogP contribution >= 0.6 is 11.3 Å². The molecular formula is C16H16N2O2S. The fourth-order valence-electron chi connectivity index (χ4n) is 2.14. The van der Waals surface area contributed by atoms with Crippen molar-refractivity contribution in [3.63, 3.8) is 0 Å². The highest BCUT2D eigenvalue weighted by atomic mass is 32.1. The summed E-state index contributed by atoms with van der Waals surface area (Å²) in [6, 6.07) is 13.5. The minimum atomic E-state index is 0.160. The predicted molar refractivity (Wildman–Crippen MR) is 84.8 cm³/mol. The Morgan fingerprint density at radius 1 is 1.19 bits per heavy atom. The van der Waals surface area contributed by atoms with Crippen LogP contribution in [0.25, 0.3) is 10.2 Å². The van der Waals surface area contributed by atoms with Gasteiger partial charge in [0.25, 0.3) is 0 Å². The first kappa shape index (κ1) is 13.9. The Hall–Kier alpha value is -2.11. The molecular weight excluding hydrogens is 284 g/mol. The maximum Gasteiger partial charge on any atom is 0.160 e. The summed E-state index contributed by atoms with van der Waals surface area (Å²) in [4.78, 5) is 4.58. The van der Waals surface area contributed by atoms with Gasteiger partial charge in [0.05, 0.1) is 17.3 Å². The van der Waals surface area contributed by atoms with Crippen LogP contribution in [0.1, 0.15) is 10.6 Å². The van der Waals surface area contributed by atoms with E-state index >= 15 is 0 Å². The third-order valence-corrected chi connectivity index (χ3v) is 4.22. The molecule has 0 aliphatic heterocycles. The maximum absolute atomic E-state index is 9.57. The number of fused-ring (bicyclic) bond motifs is 1.